The van der Waals surface area contributed by atoms with Crippen molar-refractivity contribution in [2.75, 3.05) is 0 Å². The van der Waals surface area contributed by atoms with Crippen molar-refractivity contribution in [1.29, 1.82) is 5.26 Å². The SMILES string of the molecule is Cc1c(CNC(=O)C(C#N)C(C)C)cnn1C. The van der Waals surface area contributed by atoms with Crippen molar-refractivity contribution in [2.24, 2.45) is 18.9 Å². The number of nitrogens with zero attached hydrogens (tertiary/aromatic N) is 3. The average Bonchev–Trinajstić information content (AvgIpc) is 2.57. The molecule has 0 saturated heterocycles. The maximum Gasteiger partial charge on any atom is 0.237 e. The first-order chi connectivity index (χ1) is 7.97. The minimum Gasteiger partial charge on any atom is -0.351 e. The van der Waals surface area contributed by atoms with Gasteiger partial charge >= 0.3 is 0 Å². The Hall–Kier alpha value is -1.83. The highest BCUT2D eigenvalue weighted by atomic mass is 16.1. The van der Waals surface area contributed by atoms with Crippen molar-refractivity contribution in [1.82, 2.24) is 15.1 Å². The zero-order valence-electron chi connectivity index (χ0n) is 10.7. The molecular formula is C12H18N4O. The van der Waals surface area contributed by atoms with Gasteiger partial charge in [-0.1, -0.05) is 13.8 Å². The Morgan fingerprint density at radius 1 is 1.65 bits per heavy atom. The number of amides is 1. The summed E-state index contributed by atoms with van der Waals surface area (Å²) in [5.74, 6) is -0.785. The van der Waals surface area contributed by atoms with Gasteiger partial charge in [-0.2, -0.15) is 10.4 Å². The minimum atomic E-state index is -0.591. The lowest BCUT2D eigenvalue weighted by molar-refractivity contribution is -0.124. The predicted molar refractivity (Wildman–Crippen MR) is 63.7 cm³/mol. The van der Waals surface area contributed by atoms with E-state index in [2.05, 4.69) is 10.4 Å². The van der Waals surface area contributed by atoms with Crippen LogP contribution in [-0.4, -0.2) is 15.7 Å². The van der Waals surface area contributed by atoms with Gasteiger partial charge in [-0.3, -0.25) is 9.48 Å². The van der Waals surface area contributed by atoms with Gasteiger partial charge in [0.2, 0.25) is 5.91 Å². The molecule has 0 spiro atoms. The monoisotopic (exact) mass is 234 g/mol. The fourth-order valence-corrected chi connectivity index (χ4v) is 1.52. The zero-order valence-corrected chi connectivity index (χ0v) is 10.7. The maximum atomic E-state index is 11.7. The Kier molecular flexibility index (Phi) is 4.27. The van der Waals surface area contributed by atoms with Crippen molar-refractivity contribution in [2.45, 2.75) is 27.3 Å². The van der Waals surface area contributed by atoms with Gasteiger partial charge in [0.05, 0.1) is 12.3 Å². The third-order valence-electron chi connectivity index (χ3n) is 2.88. The van der Waals surface area contributed by atoms with E-state index in [0.717, 1.165) is 11.3 Å². The molecule has 92 valence electrons. The molecule has 5 heteroatoms. The molecule has 1 heterocycles. The van der Waals surface area contributed by atoms with Crippen LogP contribution in [0, 0.1) is 30.1 Å². The summed E-state index contributed by atoms with van der Waals surface area (Å²) in [6.45, 7) is 6.09. The summed E-state index contributed by atoms with van der Waals surface area (Å²) in [6, 6.07) is 2.02. The fourth-order valence-electron chi connectivity index (χ4n) is 1.52. The standard InChI is InChI=1S/C12H18N4O/c1-8(2)11(5-13)12(17)14-6-10-7-15-16(4)9(10)3/h7-8,11H,6H2,1-4H3,(H,14,17). The molecule has 1 aromatic rings. The van der Waals surface area contributed by atoms with Gasteiger partial charge in [0.1, 0.15) is 5.92 Å². The van der Waals surface area contributed by atoms with E-state index in [4.69, 9.17) is 5.26 Å². The molecule has 17 heavy (non-hydrogen) atoms. The minimum absolute atomic E-state index is 0.0231. The number of carbonyl (C=O) groups excluding carboxylic acids is 1. The Morgan fingerprint density at radius 2 is 2.29 bits per heavy atom. The molecule has 1 N–H and O–H groups in total. The van der Waals surface area contributed by atoms with Gasteiger partial charge in [-0.15, -0.1) is 0 Å². The summed E-state index contributed by atoms with van der Waals surface area (Å²) in [5.41, 5.74) is 1.99. The maximum absolute atomic E-state index is 11.7. The van der Waals surface area contributed by atoms with E-state index in [1.54, 1.807) is 10.9 Å². The summed E-state index contributed by atoms with van der Waals surface area (Å²) >= 11 is 0. The fraction of sp³-hybridized carbons (Fsp3) is 0.583. The summed E-state index contributed by atoms with van der Waals surface area (Å²) in [4.78, 5) is 11.7. The van der Waals surface area contributed by atoms with Crippen LogP contribution in [0.25, 0.3) is 0 Å². The first-order valence-electron chi connectivity index (χ1n) is 5.62. The van der Waals surface area contributed by atoms with Gasteiger partial charge in [-0.25, -0.2) is 0 Å². The third-order valence-corrected chi connectivity index (χ3v) is 2.88. The molecule has 1 unspecified atom stereocenters. The van der Waals surface area contributed by atoms with Crippen LogP contribution in [0.5, 0.6) is 0 Å². The highest BCUT2D eigenvalue weighted by Crippen LogP contribution is 2.10. The number of nitriles is 1. The molecule has 0 bridgehead atoms. The van der Waals surface area contributed by atoms with Crippen LogP contribution in [0.4, 0.5) is 0 Å². The van der Waals surface area contributed by atoms with Crippen LogP contribution in [0.1, 0.15) is 25.1 Å². The zero-order chi connectivity index (χ0) is 13.0. The van der Waals surface area contributed by atoms with Crippen molar-refractivity contribution in [3.8, 4) is 6.07 Å². The lowest BCUT2D eigenvalue weighted by Gasteiger charge is -2.12. The normalized spacial score (nSPS) is 12.2. The predicted octanol–water partition coefficient (Wildman–Crippen LogP) is 1.14. The smallest absolute Gasteiger partial charge is 0.237 e. The average molecular weight is 234 g/mol. The van der Waals surface area contributed by atoms with Crippen LogP contribution in [0.15, 0.2) is 6.20 Å². The summed E-state index contributed by atoms with van der Waals surface area (Å²) < 4.78 is 1.76. The molecule has 0 aliphatic rings. The van der Waals surface area contributed by atoms with Gasteiger partial charge < -0.3 is 5.32 Å². The largest absolute Gasteiger partial charge is 0.351 e. The van der Waals surface area contributed by atoms with Crippen LogP contribution >= 0.6 is 0 Å². The van der Waals surface area contributed by atoms with Gasteiger partial charge in [0.15, 0.2) is 0 Å². The number of aryl methyl sites for hydroxylation is 1. The van der Waals surface area contributed by atoms with Gasteiger partial charge in [-0.05, 0) is 12.8 Å². The molecule has 0 radical (unpaired) electrons. The highest BCUT2D eigenvalue weighted by molar-refractivity contribution is 5.81. The Labute approximate surface area is 101 Å². The van der Waals surface area contributed by atoms with E-state index in [1.165, 1.54) is 0 Å². The molecular weight excluding hydrogens is 216 g/mol. The molecule has 1 rings (SSSR count). The lowest BCUT2D eigenvalue weighted by Crippen LogP contribution is -2.32. The second-order valence-corrected chi connectivity index (χ2v) is 4.45. The lowest BCUT2D eigenvalue weighted by atomic mass is 9.96. The second kappa shape index (κ2) is 5.48. The first kappa shape index (κ1) is 13.2. The van der Waals surface area contributed by atoms with E-state index in [-0.39, 0.29) is 11.8 Å². The van der Waals surface area contributed by atoms with Crippen LogP contribution < -0.4 is 5.32 Å². The molecule has 0 fully saturated rings. The van der Waals surface area contributed by atoms with Crippen molar-refractivity contribution in [3.05, 3.63) is 17.5 Å². The molecule has 0 aromatic carbocycles. The van der Waals surface area contributed by atoms with Crippen LogP contribution in [0.2, 0.25) is 0 Å². The van der Waals surface area contributed by atoms with E-state index in [1.807, 2.05) is 33.9 Å². The topological polar surface area (TPSA) is 70.7 Å². The number of rotatable bonds is 4. The molecule has 1 atom stereocenters. The Bertz CT molecular complexity index is 442. The van der Waals surface area contributed by atoms with Crippen molar-refractivity contribution < 1.29 is 4.79 Å². The number of hydrogen-bond donors (Lipinski definition) is 1. The summed E-state index contributed by atoms with van der Waals surface area (Å²) in [7, 11) is 1.85. The number of aromatic nitrogens is 2. The summed E-state index contributed by atoms with van der Waals surface area (Å²) in [6.07, 6.45) is 1.73. The molecule has 1 aromatic heterocycles. The number of carbonyl (C=O) groups is 1. The van der Waals surface area contributed by atoms with Crippen LogP contribution in [0.3, 0.4) is 0 Å². The molecule has 5 nitrogen and oxygen atoms in total. The number of hydrogen-bond acceptors (Lipinski definition) is 3. The van der Waals surface area contributed by atoms with Crippen molar-refractivity contribution in [3.63, 3.8) is 0 Å². The number of nitrogens with one attached hydrogen (secondary N) is 1. The van der Waals surface area contributed by atoms with Crippen molar-refractivity contribution >= 4 is 5.91 Å². The highest BCUT2D eigenvalue weighted by Gasteiger charge is 2.21. The third kappa shape index (κ3) is 3.06. The quantitative estimate of drug-likeness (QED) is 0.849. The van der Waals surface area contributed by atoms with E-state index >= 15 is 0 Å². The molecule has 1 amide bonds. The molecule has 0 saturated carbocycles. The Balaban J connectivity index is 2.60. The van der Waals surface area contributed by atoms with E-state index in [9.17, 15) is 4.79 Å². The Morgan fingerprint density at radius 3 is 2.71 bits per heavy atom. The van der Waals surface area contributed by atoms with Crippen LogP contribution in [-0.2, 0) is 18.4 Å². The molecule has 0 aliphatic heterocycles. The van der Waals surface area contributed by atoms with Gasteiger partial charge in [0.25, 0.3) is 0 Å². The first-order valence-corrected chi connectivity index (χ1v) is 5.62. The van der Waals surface area contributed by atoms with E-state index < -0.39 is 5.92 Å². The molecule has 0 aliphatic carbocycles. The summed E-state index contributed by atoms with van der Waals surface area (Å²) in [5, 5.41) is 15.8. The second-order valence-electron chi connectivity index (χ2n) is 4.45. The van der Waals surface area contributed by atoms with E-state index in [0.29, 0.717) is 6.54 Å². The van der Waals surface area contributed by atoms with Gasteiger partial charge in [0, 0.05) is 24.8 Å².